The van der Waals surface area contributed by atoms with E-state index in [1.165, 1.54) is 12.0 Å². The molecule has 0 aliphatic carbocycles. The fourth-order valence-electron chi connectivity index (χ4n) is 3.16. The maximum Gasteiger partial charge on any atom is 0.228 e. The average molecular weight is 391 g/mol. The molecule has 0 bridgehead atoms. The molecule has 1 aromatic heterocycles. The summed E-state index contributed by atoms with van der Waals surface area (Å²) < 4.78 is 6.35. The van der Waals surface area contributed by atoms with Gasteiger partial charge in [0.05, 0.1) is 7.11 Å². The van der Waals surface area contributed by atoms with Gasteiger partial charge in [0, 0.05) is 42.9 Å². The molecule has 24 heavy (non-hydrogen) atoms. The summed E-state index contributed by atoms with van der Waals surface area (Å²) >= 11 is 3.55. The van der Waals surface area contributed by atoms with Gasteiger partial charge in [-0.25, -0.2) is 4.98 Å². The Morgan fingerprint density at radius 1 is 1.38 bits per heavy atom. The van der Waals surface area contributed by atoms with E-state index in [-0.39, 0.29) is 0 Å². The highest BCUT2D eigenvalue weighted by molar-refractivity contribution is 9.10. The van der Waals surface area contributed by atoms with Crippen LogP contribution in [-0.4, -0.2) is 48.2 Å². The average Bonchev–Trinajstić information content (AvgIpc) is 2.61. The molecule has 2 heterocycles. The molecule has 1 aliphatic heterocycles. The lowest BCUT2D eigenvalue weighted by atomic mass is 10.0. The van der Waals surface area contributed by atoms with E-state index in [9.17, 15) is 0 Å². The van der Waals surface area contributed by atoms with Crippen LogP contribution in [0.1, 0.15) is 18.4 Å². The van der Waals surface area contributed by atoms with Crippen LogP contribution in [0.2, 0.25) is 0 Å². The molecule has 2 aromatic rings. The molecule has 0 saturated carbocycles. The predicted octanol–water partition coefficient (Wildman–Crippen LogP) is 3.35. The Morgan fingerprint density at radius 2 is 2.25 bits per heavy atom. The topological polar surface area (TPSA) is 41.5 Å². The lowest BCUT2D eigenvalue weighted by Crippen LogP contribution is -2.46. The first-order valence-corrected chi connectivity index (χ1v) is 9.01. The summed E-state index contributed by atoms with van der Waals surface area (Å²) in [4.78, 5) is 13.5. The number of aromatic nitrogens is 2. The summed E-state index contributed by atoms with van der Waals surface area (Å²) in [6.07, 6.45) is 4.10. The van der Waals surface area contributed by atoms with Gasteiger partial charge in [-0.3, -0.25) is 4.90 Å². The molecule has 1 atom stereocenters. The lowest BCUT2D eigenvalue weighted by molar-refractivity contribution is 0.198. The summed E-state index contributed by atoms with van der Waals surface area (Å²) in [5.41, 5.74) is 1.34. The molecular weight excluding hydrogens is 368 g/mol. The molecule has 128 valence electrons. The van der Waals surface area contributed by atoms with Gasteiger partial charge in [0.2, 0.25) is 11.8 Å². The first-order valence-electron chi connectivity index (χ1n) is 8.22. The maximum atomic E-state index is 5.21. The highest BCUT2D eigenvalue weighted by Crippen LogP contribution is 2.22. The number of ether oxygens (including phenoxy) is 1. The predicted molar refractivity (Wildman–Crippen MR) is 99.4 cm³/mol. The van der Waals surface area contributed by atoms with Gasteiger partial charge in [0.15, 0.2) is 0 Å². The van der Waals surface area contributed by atoms with Crippen LogP contribution in [-0.2, 0) is 6.54 Å². The van der Waals surface area contributed by atoms with Gasteiger partial charge >= 0.3 is 0 Å². The lowest BCUT2D eigenvalue weighted by Gasteiger charge is -2.37. The Balaban J connectivity index is 1.66. The van der Waals surface area contributed by atoms with Crippen LogP contribution >= 0.6 is 15.9 Å². The monoisotopic (exact) mass is 390 g/mol. The van der Waals surface area contributed by atoms with Gasteiger partial charge in [-0.05, 0) is 37.1 Å². The molecule has 0 N–H and O–H groups in total. The molecule has 1 saturated heterocycles. The third-order valence-corrected chi connectivity index (χ3v) is 4.96. The summed E-state index contributed by atoms with van der Waals surface area (Å²) in [6, 6.07) is 10.7. The van der Waals surface area contributed by atoms with Crippen molar-refractivity contribution >= 4 is 21.9 Å². The third-order valence-electron chi connectivity index (χ3n) is 4.47. The van der Waals surface area contributed by atoms with Crippen LogP contribution < -0.4 is 9.64 Å². The molecule has 3 rings (SSSR count). The molecule has 0 radical (unpaired) electrons. The normalized spacial score (nSPS) is 18.4. The summed E-state index contributed by atoms with van der Waals surface area (Å²) in [5, 5.41) is 0. The van der Waals surface area contributed by atoms with Gasteiger partial charge in [-0.2, -0.15) is 4.98 Å². The van der Waals surface area contributed by atoms with Gasteiger partial charge in [0.25, 0.3) is 0 Å². The second-order valence-corrected chi connectivity index (χ2v) is 7.09. The largest absolute Gasteiger partial charge is 0.481 e. The Morgan fingerprint density at radius 3 is 3.04 bits per heavy atom. The van der Waals surface area contributed by atoms with Gasteiger partial charge in [-0.1, -0.05) is 28.1 Å². The molecule has 1 fully saturated rings. The summed E-state index contributed by atoms with van der Waals surface area (Å²) in [5.74, 6) is 1.33. The smallest absolute Gasteiger partial charge is 0.228 e. The van der Waals surface area contributed by atoms with E-state index in [4.69, 9.17) is 4.74 Å². The van der Waals surface area contributed by atoms with Crippen molar-refractivity contribution in [3.05, 3.63) is 46.6 Å². The van der Waals surface area contributed by atoms with Crippen molar-refractivity contribution in [3.8, 4) is 5.88 Å². The molecule has 5 nitrogen and oxygen atoms in total. The second-order valence-electron chi connectivity index (χ2n) is 6.17. The quantitative estimate of drug-likeness (QED) is 0.782. The fraction of sp³-hybridized carbons (Fsp3) is 0.444. The van der Waals surface area contributed by atoms with E-state index >= 15 is 0 Å². The molecule has 0 amide bonds. The standard InChI is InChI=1S/C18H23BrN4O/c1-22(18-20-9-8-17(21-18)24-2)16-7-4-10-23(13-16)12-14-5-3-6-15(19)11-14/h3,5-6,8-9,11,16H,4,7,10,12-13H2,1-2H3. The van der Waals surface area contributed by atoms with Crippen molar-refractivity contribution in [1.82, 2.24) is 14.9 Å². The number of hydrogen-bond donors (Lipinski definition) is 0. The van der Waals surface area contributed by atoms with E-state index in [0.29, 0.717) is 11.9 Å². The Bertz CT molecular complexity index is 682. The van der Waals surface area contributed by atoms with Crippen LogP contribution in [0.3, 0.4) is 0 Å². The molecule has 6 heteroatoms. The number of likely N-dealkylation sites (tertiary alicyclic amines) is 1. The zero-order chi connectivity index (χ0) is 16.9. The molecule has 1 unspecified atom stereocenters. The van der Waals surface area contributed by atoms with Crippen molar-refractivity contribution in [2.75, 3.05) is 32.1 Å². The number of piperidine rings is 1. The van der Waals surface area contributed by atoms with E-state index < -0.39 is 0 Å². The van der Waals surface area contributed by atoms with E-state index in [1.54, 1.807) is 19.4 Å². The minimum Gasteiger partial charge on any atom is -0.481 e. The number of hydrogen-bond acceptors (Lipinski definition) is 5. The molecule has 1 aliphatic rings. The molecular formula is C18H23BrN4O. The number of benzene rings is 1. The SMILES string of the molecule is COc1ccnc(N(C)C2CCCN(Cc3cccc(Br)c3)C2)n1. The van der Waals surface area contributed by atoms with Gasteiger partial charge < -0.3 is 9.64 Å². The van der Waals surface area contributed by atoms with Crippen LogP contribution in [0.5, 0.6) is 5.88 Å². The fourth-order valence-corrected chi connectivity index (χ4v) is 3.61. The maximum absolute atomic E-state index is 5.21. The number of anilines is 1. The Labute approximate surface area is 151 Å². The second kappa shape index (κ2) is 7.94. The molecule has 1 aromatic carbocycles. The summed E-state index contributed by atoms with van der Waals surface area (Å²) in [6.45, 7) is 3.13. The number of halogens is 1. The Hall–Kier alpha value is -1.66. The zero-order valence-electron chi connectivity index (χ0n) is 14.2. The van der Waals surface area contributed by atoms with Crippen molar-refractivity contribution in [2.24, 2.45) is 0 Å². The molecule has 0 spiro atoms. The van der Waals surface area contributed by atoms with Crippen LogP contribution in [0, 0.1) is 0 Å². The Kier molecular flexibility index (Phi) is 5.68. The first-order chi connectivity index (χ1) is 11.7. The van der Waals surface area contributed by atoms with E-state index in [2.05, 4.69) is 67.0 Å². The first kappa shape index (κ1) is 17.2. The van der Waals surface area contributed by atoms with Crippen LogP contribution in [0.25, 0.3) is 0 Å². The van der Waals surface area contributed by atoms with Crippen LogP contribution in [0.4, 0.5) is 5.95 Å². The number of nitrogens with zero attached hydrogens (tertiary/aromatic N) is 4. The van der Waals surface area contributed by atoms with Gasteiger partial charge in [0.1, 0.15) is 0 Å². The van der Waals surface area contributed by atoms with Crippen molar-refractivity contribution in [2.45, 2.75) is 25.4 Å². The minimum atomic E-state index is 0.415. The van der Waals surface area contributed by atoms with Gasteiger partial charge in [-0.15, -0.1) is 0 Å². The van der Waals surface area contributed by atoms with Crippen molar-refractivity contribution < 1.29 is 4.74 Å². The number of methoxy groups -OCH3 is 1. The van der Waals surface area contributed by atoms with Crippen LogP contribution in [0.15, 0.2) is 41.0 Å². The zero-order valence-corrected chi connectivity index (χ0v) is 15.7. The van der Waals surface area contributed by atoms with E-state index in [1.807, 2.05) is 0 Å². The van der Waals surface area contributed by atoms with Crippen molar-refractivity contribution in [1.29, 1.82) is 0 Å². The summed E-state index contributed by atoms with van der Waals surface area (Å²) in [7, 11) is 3.70. The third kappa shape index (κ3) is 4.24. The van der Waals surface area contributed by atoms with E-state index in [0.717, 1.165) is 36.5 Å². The van der Waals surface area contributed by atoms with Crippen molar-refractivity contribution in [3.63, 3.8) is 0 Å². The highest BCUT2D eigenvalue weighted by atomic mass is 79.9. The minimum absolute atomic E-state index is 0.415. The number of likely N-dealkylation sites (N-methyl/N-ethyl adjacent to an activating group) is 1. The number of rotatable bonds is 5. The highest BCUT2D eigenvalue weighted by Gasteiger charge is 2.25.